The summed E-state index contributed by atoms with van der Waals surface area (Å²) in [4.78, 5) is 33.5. The maximum absolute atomic E-state index is 11.3. The molecule has 0 saturated carbocycles. The Morgan fingerprint density at radius 3 is 1.90 bits per heavy atom. The van der Waals surface area contributed by atoms with Crippen LogP contribution in [0.2, 0.25) is 0 Å². The number of carbonyl (C=O) groups is 3. The Balaban J connectivity index is 2.93. The van der Waals surface area contributed by atoms with Gasteiger partial charge in [0.2, 0.25) is 0 Å². The first-order valence-corrected chi connectivity index (χ1v) is 6.85. The van der Waals surface area contributed by atoms with E-state index in [4.69, 9.17) is 18.9 Å². The average molecular weight is 302 g/mol. The number of hydrogen-bond donors (Lipinski definition) is 0. The van der Waals surface area contributed by atoms with Gasteiger partial charge in [0.25, 0.3) is 0 Å². The molecule has 0 N–H and O–H groups in total. The lowest BCUT2D eigenvalue weighted by Crippen LogP contribution is -2.42. The van der Waals surface area contributed by atoms with Gasteiger partial charge in [-0.3, -0.25) is 14.4 Å². The van der Waals surface area contributed by atoms with Crippen LogP contribution in [0.1, 0.15) is 34.6 Å². The zero-order valence-electron chi connectivity index (χ0n) is 13.0. The Kier molecular flexibility index (Phi) is 6.14. The molecule has 0 aliphatic carbocycles. The quantitative estimate of drug-likeness (QED) is 0.549. The van der Waals surface area contributed by atoms with Crippen LogP contribution in [0.15, 0.2) is 0 Å². The molecule has 1 heterocycles. The van der Waals surface area contributed by atoms with Gasteiger partial charge in [-0.15, -0.1) is 0 Å². The molecule has 21 heavy (non-hydrogen) atoms. The standard InChI is InChI=1S/C14H22O7/c1-7(2)12-14(20-10(5)17)13(19-9(4)16)11(21-12)6-18-8(3)15/h7,11-14H,6H2,1-5H3/t11-,12+,13-,14+/m1/s1. The van der Waals surface area contributed by atoms with Crippen LogP contribution < -0.4 is 0 Å². The van der Waals surface area contributed by atoms with E-state index in [0.717, 1.165) is 0 Å². The van der Waals surface area contributed by atoms with Gasteiger partial charge in [0.1, 0.15) is 18.8 Å². The highest BCUT2D eigenvalue weighted by Crippen LogP contribution is 2.31. The summed E-state index contributed by atoms with van der Waals surface area (Å²) in [6.07, 6.45) is -2.60. The summed E-state index contributed by atoms with van der Waals surface area (Å²) >= 11 is 0. The van der Waals surface area contributed by atoms with Gasteiger partial charge in [0.15, 0.2) is 12.2 Å². The van der Waals surface area contributed by atoms with Gasteiger partial charge in [-0.1, -0.05) is 13.8 Å². The molecule has 1 aliphatic rings. The molecule has 0 amide bonds. The second kappa shape index (κ2) is 7.40. The molecule has 0 unspecified atom stereocenters. The van der Waals surface area contributed by atoms with Crippen molar-refractivity contribution in [3.05, 3.63) is 0 Å². The van der Waals surface area contributed by atoms with Crippen LogP contribution in [0, 0.1) is 5.92 Å². The molecule has 0 aromatic carbocycles. The highest BCUT2D eigenvalue weighted by molar-refractivity contribution is 5.68. The fraction of sp³-hybridized carbons (Fsp3) is 0.786. The molecular formula is C14H22O7. The summed E-state index contributed by atoms with van der Waals surface area (Å²) in [5.74, 6) is -1.43. The van der Waals surface area contributed by atoms with Crippen molar-refractivity contribution in [1.29, 1.82) is 0 Å². The van der Waals surface area contributed by atoms with Crippen LogP contribution in [-0.4, -0.2) is 48.9 Å². The minimum Gasteiger partial charge on any atom is -0.463 e. The lowest BCUT2D eigenvalue weighted by Gasteiger charge is -2.24. The second-order valence-electron chi connectivity index (χ2n) is 5.33. The third kappa shape index (κ3) is 5.00. The Hall–Kier alpha value is -1.63. The average Bonchev–Trinajstić information content (AvgIpc) is 2.64. The molecule has 0 aromatic rings. The topological polar surface area (TPSA) is 88.1 Å². The lowest BCUT2D eigenvalue weighted by atomic mass is 9.99. The molecule has 0 spiro atoms. The Bertz CT molecular complexity index is 404. The summed E-state index contributed by atoms with van der Waals surface area (Å²) in [5.41, 5.74) is 0. The first kappa shape index (κ1) is 17.4. The van der Waals surface area contributed by atoms with Crippen molar-refractivity contribution in [3.8, 4) is 0 Å². The van der Waals surface area contributed by atoms with E-state index >= 15 is 0 Å². The Morgan fingerprint density at radius 1 is 0.952 bits per heavy atom. The van der Waals surface area contributed by atoms with Crippen LogP contribution in [0.3, 0.4) is 0 Å². The minimum atomic E-state index is -0.793. The van der Waals surface area contributed by atoms with Crippen LogP contribution in [-0.2, 0) is 33.3 Å². The molecule has 1 rings (SSSR count). The molecule has 7 heteroatoms. The highest BCUT2D eigenvalue weighted by Gasteiger charge is 2.50. The van der Waals surface area contributed by atoms with E-state index in [1.807, 2.05) is 13.8 Å². The van der Waals surface area contributed by atoms with Gasteiger partial charge in [-0.25, -0.2) is 0 Å². The molecular weight excluding hydrogens is 280 g/mol. The summed E-state index contributed by atoms with van der Waals surface area (Å²) in [6.45, 7) is 7.56. The maximum atomic E-state index is 11.3. The first-order valence-electron chi connectivity index (χ1n) is 6.85. The van der Waals surface area contributed by atoms with E-state index in [2.05, 4.69) is 0 Å². The molecule has 0 aromatic heterocycles. The fourth-order valence-corrected chi connectivity index (χ4v) is 2.29. The summed E-state index contributed by atoms with van der Waals surface area (Å²) in [5, 5.41) is 0. The molecule has 0 radical (unpaired) electrons. The SMILES string of the molecule is CC(=O)OC[C@H]1O[C@@H](C(C)C)[C@H](OC(C)=O)[C@@H]1OC(C)=O. The van der Waals surface area contributed by atoms with E-state index in [9.17, 15) is 14.4 Å². The predicted octanol–water partition coefficient (Wildman–Crippen LogP) is 0.836. The molecule has 1 aliphatic heterocycles. The van der Waals surface area contributed by atoms with E-state index in [1.165, 1.54) is 20.8 Å². The van der Waals surface area contributed by atoms with Gasteiger partial charge >= 0.3 is 17.9 Å². The molecule has 0 bridgehead atoms. The monoisotopic (exact) mass is 302 g/mol. The third-order valence-electron chi connectivity index (χ3n) is 3.06. The van der Waals surface area contributed by atoms with Gasteiger partial charge in [-0.2, -0.15) is 0 Å². The Labute approximate surface area is 123 Å². The van der Waals surface area contributed by atoms with E-state index in [0.29, 0.717) is 0 Å². The molecule has 1 fully saturated rings. The predicted molar refractivity (Wildman–Crippen MR) is 71.2 cm³/mol. The summed E-state index contributed by atoms with van der Waals surface area (Å²) in [7, 11) is 0. The fourth-order valence-electron chi connectivity index (χ4n) is 2.29. The zero-order chi connectivity index (χ0) is 16.2. The van der Waals surface area contributed by atoms with Crippen molar-refractivity contribution in [3.63, 3.8) is 0 Å². The number of rotatable bonds is 5. The largest absolute Gasteiger partial charge is 0.463 e. The van der Waals surface area contributed by atoms with Crippen LogP contribution in [0.4, 0.5) is 0 Å². The molecule has 120 valence electrons. The third-order valence-corrected chi connectivity index (χ3v) is 3.06. The maximum Gasteiger partial charge on any atom is 0.303 e. The van der Waals surface area contributed by atoms with Crippen molar-refractivity contribution >= 4 is 17.9 Å². The number of hydrogen-bond acceptors (Lipinski definition) is 7. The molecule has 1 saturated heterocycles. The normalized spacial score (nSPS) is 28.3. The van der Waals surface area contributed by atoms with E-state index < -0.39 is 42.3 Å². The van der Waals surface area contributed by atoms with Crippen molar-refractivity contribution in [2.45, 2.75) is 59.0 Å². The second-order valence-corrected chi connectivity index (χ2v) is 5.33. The number of esters is 3. The molecule has 4 atom stereocenters. The molecule has 7 nitrogen and oxygen atoms in total. The van der Waals surface area contributed by atoms with E-state index in [-0.39, 0.29) is 12.5 Å². The van der Waals surface area contributed by atoms with Crippen molar-refractivity contribution in [2.75, 3.05) is 6.61 Å². The van der Waals surface area contributed by atoms with Gasteiger partial charge in [0.05, 0.1) is 0 Å². The summed E-state index contributed by atoms with van der Waals surface area (Å²) < 4.78 is 21.2. The zero-order valence-corrected chi connectivity index (χ0v) is 13.0. The number of carbonyl (C=O) groups excluding carboxylic acids is 3. The minimum absolute atomic E-state index is 0.0368. The smallest absolute Gasteiger partial charge is 0.303 e. The van der Waals surface area contributed by atoms with Crippen LogP contribution in [0.5, 0.6) is 0 Å². The van der Waals surface area contributed by atoms with Gasteiger partial charge in [0, 0.05) is 20.8 Å². The van der Waals surface area contributed by atoms with Crippen molar-refractivity contribution in [1.82, 2.24) is 0 Å². The van der Waals surface area contributed by atoms with Crippen molar-refractivity contribution in [2.24, 2.45) is 5.92 Å². The first-order chi connectivity index (χ1) is 9.72. The number of ether oxygens (including phenoxy) is 4. The van der Waals surface area contributed by atoms with Gasteiger partial charge in [-0.05, 0) is 5.92 Å². The van der Waals surface area contributed by atoms with Crippen LogP contribution >= 0.6 is 0 Å². The summed E-state index contributed by atoms with van der Waals surface area (Å²) in [6, 6.07) is 0. The Morgan fingerprint density at radius 2 is 1.48 bits per heavy atom. The van der Waals surface area contributed by atoms with Gasteiger partial charge < -0.3 is 18.9 Å². The van der Waals surface area contributed by atoms with Crippen molar-refractivity contribution < 1.29 is 33.3 Å². The lowest BCUT2D eigenvalue weighted by molar-refractivity contribution is -0.166. The van der Waals surface area contributed by atoms with E-state index in [1.54, 1.807) is 0 Å². The van der Waals surface area contributed by atoms with Crippen LogP contribution in [0.25, 0.3) is 0 Å². The highest BCUT2D eigenvalue weighted by atomic mass is 16.6.